The fraction of sp³-hybridized carbons (Fsp3) is 0.308. The number of carboxylic acid groups (broad SMARTS) is 1. The number of alkyl halides is 3. The molecule has 5 aliphatic heterocycles. The van der Waals surface area contributed by atoms with Gasteiger partial charge >= 0.3 is 19.3 Å². The number of anilines is 2. The molecule has 19 rings (SSSR count). The number of halogens is 8. The average Bonchev–Trinajstić information content (AvgIpc) is 1.60. The van der Waals surface area contributed by atoms with Gasteiger partial charge in [-0.3, -0.25) is 24.0 Å². The number of benzene rings is 4. The molecule has 40 heteroatoms. The summed E-state index contributed by atoms with van der Waals surface area (Å²) in [6.45, 7) is 24.7. The maximum absolute atomic E-state index is 14.5. The molecule has 0 spiro atoms. The van der Waals surface area contributed by atoms with Crippen molar-refractivity contribution in [1.29, 1.82) is 0 Å². The van der Waals surface area contributed by atoms with Crippen molar-refractivity contribution in [1.82, 2.24) is 54.8 Å². The second kappa shape index (κ2) is 46.6. The lowest BCUT2D eigenvalue weighted by Gasteiger charge is -2.32. The molecule has 15 heterocycles. The summed E-state index contributed by atoms with van der Waals surface area (Å²) in [6, 6.07) is 39.4. The summed E-state index contributed by atoms with van der Waals surface area (Å²) >= 11 is 5.63. The number of aliphatic carboxylic acids is 1. The van der Waals surface area contributed by atoms with Crippen LogP contribution in [0, 0.1) is 44.0 Å². The fourth-order valence-electron chi connectivity index (χ4n) is 15.8. The van der Waals surface area contributed by atoms with Crippen molar-refractivity contribution in [3.05, 3.63) is 278 Å². The number of carbonyl (C=O) groups excluding carboxylic acids is 5. The summed E-state index contributed by atoms with van der Waals surface area (Å²) in [7, 11) is -0.847. The monoisotopic (exact) mass is 2000 g/mol. The number of carboxylic acids is 1. The van der Waals surface area contributed by atoms with E-state index in [9.17, 15) is 59.5 Å². The van der Waals surface area contributed by atoms with E-state index in [2.05, 4.69) is 35.2 Å². The predicted octanol–water partition coefficient (Wildman–Crippen LogP) is 17.0. The first kappa shape index (κ1) is 105. The molecule has 5 amide bonds. The highest BCUT2D eigenvalue weighted by Crippen LogP contribution is 2.41. The molecule has 0 radical (unpaired) electrons. The Morgan fingerprint density at radius 2 is 0.792 bits per heavy atom. The van der Waals surface area contributed by atoms with Gasteiger partial charge in [0.25, 0.3) is 23.6 Å². The Bertz CT molecular complexity index is 6910. The van der Waals surface area contributed by atoms with E-state index in [1.54, 1.807) is 81.6 Å². The summed E-state index contributed by atoms with van der Waals surface area (Å²) in [5.41, 5.74) is 24.4. The van der Waals surface area contributed by atoms with Crippen molar-refractivity contribution in [2.75, 3.05) is 117 Å². The van der Waals surface area contributed by atoms with Crippen LogP contribution in [-0.2, 0) is 70.0 Å². The first-order valence-electron chi connectivity index (χ1n) is 46.2. The number of morpholine rings is 4. The van der Waals surface area contributed by atoms with E-state index in [-0.39, 0.29) is 46.0 Å². The van der Waals surface area contributed by atoms with Crippen LogP contribution in [0.2, 0.25) is 5.15 Å². The zero-order valence-corrected chi connectivity index (χ0v) is 81.0. The second-order valence-corrected chi connectivity index (χ2v) is 35.3. The van der Waals surface area contributed by atoms with Gasteiger partial charge in [0, 0.05) is 128 Å². The topological polar surface area (TPSA) is 411 Å². The van der Waals surface area contributed by atoms with Crippen LogP contribution in [0.25, 0.3) is 89.8 Å². The Labute approximate surface area is 828 Å². The number of rotatable bonds is 17. The highest BCUT2D eigenvalue weighted by Gasteiger charge is 2.52. The molecule has 144 heavy (non-hydrogen) atoms. The molecular weight excluding hydrogens is 1900 g/mol. The molecule has 0 atom stereocenters. The van der Waals surface area contributed by atoms with E-state index in [0.29, 0.717) is 186 Å². The van der Waals surface area contributed by atoms with E-state index in [1.807, 2.05) is 117 Å². The van der Waals surface area contributed by atoms with Gasteiger partial charge in [-0.1, -0.05) is 31.5 Å². The van der Waals surface area contributed by atoms with Crippen LogP contribution in [0.5, 0.6) is 0 Å². The number of hydrogen-bond acceptors (Lipinski definition) is 25. The maximum atomic E-state index is 14.5. The van der Waals surface area contributed by atoms with Gasteiger partial charge in [0.2, 0.25) is 5.91 Å². The maximum Gasteiger partial charge on any atom is 0.494 e. The standard InChI is InChI=1S/C28H26FN5O4.C21H21FN2O3.C20H20FN3O3.C17H20BF3O3.C10H10ClFN2O2.C8H8N2O2/c1-17-12-19(23-5-4-22(29)26(33-23)28(36)34-8-10-37-11-9-34)13-20-14-21(38-27(17)20)16-32-25(35)7-3-18-2-6-24(30)31-15-18;1-3-16-12-15-11-14(10-13(2)20(15)27-16)18-5-4-17(22)19(23-18)21(25)24-6-8-26-9-7-24;1-12-8-13(9-14-10-15(11-22)27-19(12)14)17-3-2-16(21)18(23-17)20(25)24-4-6-26-7-5-24;1-6-12-8-10-7-11(9-13(14(10)22-12)17(19,20)21)18-23-15(2,3)16(4,5)24-18;11-8-2-1-7(12)9(13-8)10(15)14-3-5-16-6-4-14;9-7-3-1-6(5-10-7)2-4-8(11)12/h2-7,12-15H,8-11,16H2,1H3,(H2,30,31)(H,32,35);4-5,10-12H,3,6-9H2,1-2H3;2-3,8-10H,4-7,11,22H2,1H3;7-9H,6H2,1-5H3;1-2H,3-6H2;1-5H,(H2,9,10)(H,11,12)/b7-3+;;;;;4-2+. The SMILES string of the molecule is CCc1cc2cc(-c3ccc(F)c(C(=O)N4CCOCC4)n3)cc(C)c2o1.CCc1cc2cc(B3OC(C)(C)C(C)(C)O3)cc(C(F)(F)F)c2o1.Cc1cc(-c2ccc(F)c(C(=O)N3CCOCC3)n2)cc2cc(CN)oc12.Cc1cc(-c2ccc(F)c(C(=O)N3CCOCC3)n2)cc2cc(CNC(=O)/C=C/c3ccc(N)nc3)oc12.Nc1ccc(/C=C/C(=O)O)cn1.O=C(c1nc(Cl)ccc1F)N1CCOCC1. The lowest BCUT2D eigenvalue weighted by Crippen LogP contribution is -2.41. The van der Waals surface area contributed by atoms with Crippen molar-refractivity contribution in [3.8, 4) is 33.8 Å². The number of nitrogen functional groups attached to an aromatic ring is 2. The number of amides is 5. The molecule has 5 saturated heterocycles. The van der Waals surface area contributed by atoms with Crippen LogP contribution in [0.3, 0.4) is 0 Å². The molecule has 0 bridgehead atoms. The quantitative estimate of drug-likeness (QED) is 0.0245. The Kier molecular flexibility index (Phi) is 34.1. The molecule has 0 unspecified atom stereocenters. The third-order valence-electron chi connectivity index (χ3n) is 24.1. The molecule has 31 nitrogen and oxygen atoms in total. The Morgan fingerprint density at radius 1 is 0.451 bits per heavy atom. The molecule has 752 valence electrons. The van der Waals surface area contributed by atoms with Crippen LogP contribution in [0.1, 0.15) is 140 Å². The van der Waals surface area contributed by atoms with Crippen LogP contribution in [0.15, 0.2) is 188 Å². The van der Waals surface area contributed by atoms with E-state index >= 15 is 0 Å². The Balaban J connectivity index is 0.000000141. The average molecular weight is 2000 g/mol. The van der Waals surface area contributed by atoms with Gasteiger partial charge in [0.1, 0.15) is 62.2 Å². The third kappa shape index (κ3) is 26.1. The normalized spacial score (nSPS) is 15.2. The van der Waals surface area contributed by atoms with E-state index < -0.39 is 82.9 Å². The summed E-state index contributed by atoms with van der Waals surface area (Å²) < 4.78 is 152. The van der Waals surface area contributed by atoms with Gasteiger partial charge in [-0.25, -0.2) is 52.3 Å². The zero-order valence-electron chi connectivity index (χ0n) is 80.2. The number of furan rings is 4. The lowest BCUT2D eigenvalue weighted by atomic mass is 9.77. The smallest absolute Gasteiger partial charge is 0.478 e. The summed E-state index contributed by atoms with van der Waals surface area (Å²) in [5, 5.41) is 14.3. The molecule has 4 aromatic carbocycles. The number of fused-ring (bicyclic) bond motifs is 4. The number of ether oxygens (including phenoxy) is 4. The highest BCUT2D eigenvalue weighted by molar-refractivity contribution is 6.62. The van der Waals surface area contributed by atoms with Gasteiger partial charge < -0.3 is 93.1 Å². The van der Waals surface area contributed by atoms with Crippen LogP contribution >= 0.6 is 11.6 Å². The van der Waals surface area contributed by atoms with Crippen molar-refractivity contribution in [3.63, 3.8) is 0 Å². The summed E-state index contributed by atoms with van der Waals surface area (Å²) in [6.07, 6.45) is 5.47. The van der Waals surface area contributed by atoms with Gasteiger partial charge in [0.05, 0.1) is 99.8 Å². The number of nitrogens with zero attached hydrogens (tertiary/aromatic N) is 10. The summed E-state index contributed by atoms with van der Waals surface area (Å²) in [5.74, 6) is -1.98. The molecule has 8 N–H and O–H groups in total. The van der Waals surface area contributed by atoms with E-state index in [4.69, 9.17) is 79.8 Å². The molecular formula is C104H105BClF7N14O17. The van der Waals surface area contributed by atoms with Crippen LogP contribution in [0.4, 0.5) is 42.4 Å². The molecule has 5 fully saturated rings. The Hall–Kier alpha value is -14.6. The van der Waals surface area contributed by atoms with E-state index in [1.165, 1.54) is 47.5 Å². The summed E-state index contributed by atoms with van der Waals surface area (Å²) in [4.78, 5) is 103. The number of nitrogens with two attached hydrogens (primary N) is 3. The van der Waals surface area contributed by atoms with Crippen molar-refractivity contribution >= 4 is 127 Å². The number of carbonyl (C=O) groups is 6. The molecule has 0 saturated carbocycles. The third-order valence-corrected chi connectivity index (χ3v) is 24.3. The molecule has 14 aromatic rings. The number of pyridine rings is 6. The molecule has 10 aromatic heterocycles. The largest absolute Gasteiger partial charge is 0.494 e. The van der Waals surface area contributed by atoms with Gasteiger partial charge in [-0.15, -0.1) is 0 Å². The van der Waals surface area contributed by atoms with Crippen LogP contribution in [-0.4, -0.2) is 214 Å². The lowest BCUT2D eigenvalue weighted by molar-refractivity contribution is -0.137. The van der Waals surface area contributed by atoms with Gasteiger partial charge in [-0.05, 0) is 233 Å². The first-order chi connectivity index (χ1) is 68.8. The predicted molar refractivity (Wildman–Crippen MR) is 527 cm³/mol. The zero-order chi connectivity index (χ0) is 103. The van der Waals surface area contributed by atoms with Gasteiger partial charge in [0.15, 0.2) is 46.0 Å². The second-order valence-electron chi connectivity index (χ2n) is 34.9. The molecule has 5 aliphatic rings. The minimum absolute atomic E-state index is 0.109. The van der Waals surface area contributed by atoms with Crippen molar-refractivity contribution in [2.24, 2.45) is 5.73 Å². The molecule has 0 aliphatic carbocycles. The number of hydrogen-bond donors (Lipinski definition) is 5. The fourth-order valence-corrected chi connectivity index (χ4v) is 15.9. The Morgan fingerprint density at radius 3 is 1.15 bits per heavy atom. The van der Waals surface area contributed by atoms with Crippen molar-refractivity contribution in [2.45, 2.75) is 106 Å². The minimum Gasteiger partial charge on any atom is -0.478 e. The number of aromatic nitrogens is 6. The van der Waals surface area contributed by atoms with Gasteiger partial charge in [-0.2, -0.15) is 13.2 Å². The highest BCUT2D eigenvalue weighted by atomic mass is 35.5. The van der Waals surface area contributed by atoms with E-state index in [0.717, 1.165) is 96.7 Å². The number of aryl methyl sites for hydroxylation is 5. The number of nitrogens with one attached hydrogen (secondary N) is 1. The first-order valence-corrected chi connectivity index (χ1v) is 46.6. The van der Waals surface area contributed by atoms with Crippen LogP contribution < -0.4 is 28.0 Å². The van der Waals surface area contributed by atoms with Crippen molar-refractivity contribution < 1.29 is 111 Å². The minimum atomic E-state index is -4.51.